The molecular formula is C21H22N+. The lowest BCUT2D eigenvalue weighted by Crippen LogP contribution is -2.31. The van der Waals surface area contributed by atoms with Gasteiger partial charge in [0.2, 0.25) is 5.69 Å². The number of benzene rings is 2. The summed E-state index contributed by atoms with van der Waals surface area (Å²) in [5.41, 5.74) is 5.76. The fourth-order valence-corrected chi connectivity index (χ4v) is 3.62. The Morgan fingerprint density at radius 1 is 1.00 bits per heavy atom. The summed E-state index contributed by atoms with van der Waals surface area (Å²) in [7, 11) is 0. The second-order valence-electron chi connectivity index (χ2n) is 6.33. The Bertz CT molecular complexity index is 832. The van der Waals surface area contributed by atoms with Crippen molar-refractivity contribution in [1.29, 1.82) is 0 Å². The Morgan fingerprint density at radius 3 is 2.82 bits per heavy atom. The molecule has 0 aliphatic carbocycles. The van der Waals surface area contributed by atoms with Crippen molar-refractivity contribution in [2.24, 2.45) is 0 Å². The number of fused-ring (bicyclic) bond motifs is 5. The zero-order valence-corrected chi connectivity index (χ0v) is 13.2. The Hall–Kier alpha value is -2.15. The van der Waals surface area contributed by atoms with Crippen LogP contribution < -0.4 is 4.57 Å². The zero-order valence-electron chi connectivity index (χ0n) is 13.2. The minimum absolute atomic E-state index is 1.01. The van der Waals surface area contributed by atoms with Crippen molar-refractivity contribution in [2.45, 2.75) is 39.2 Å². The molecule has 0 unspecified atom stereocenters. The molecule has 0 N–H and O–H groups in total. The van der Waals surface area contributed by atoms with Crippen LogP contribution in [0.2, 0.25) is 0 Å². The number of nitrogens with zero attached hydrogens (tertiary/aromatic N) is 1. The second-order valence-corrected chi connectivity index (χ2v) is 6.33. The van der Waals surface area contributed by atoms with E-state index in [-0.39, 0.29) is 0 Å². The quantitative estimate of drug-likeness (QED) is 0.372. The second kappa shape index (κ2) is 5.57. The van der Waals surface area contributed by atoms with Gasteiger partial charge in [-0.2, -0.15) is 4.57 Å². The summed E-state index contributed by atoms with van der Waals surface area (Å²) in [6.07, 6.45) is 7.37. The standard InChI is InChI=1S/C21H22N/c1-2-3-4-7-16-10-11-20-18(14-16)15-22-13-12-17-8-5-6-9-19(17)21(20)22/h5-6,8-14H,2-4,7,15H2,1H3/q+1. The van der Waals surface area contributed by atoms with Gasteiger partial charge in [0.05, 0.1) is 10.9 Å². The van der Waals surface area contributed by atoms with Crippen LogP contribution in [0.4, 0.5) is 0 Å². The van der Waals surface area contributed by atoms with E-state index in [2.05, 4.69) is 66.2 Å². The molecule has 0 bridgehead atoms. The minimum Gasteiger partial charge on any atom is -0.193 e. The normalized spacial score (nSPS) is 12.4. The topological polar surface area (TPSA) is 3.88 Å². The third-order valence-corrected chi connectivity index (χ3v) is 4.77. The van der Waals surface area contributed by atoms with E-state index in [1.165, 1.54) is 58.8 Å². The Morgan fingerprint density at radius 2 is 1.91 bits per heavy atom. The Labute approximate surface area is 132 Å². The average molecular weight is 288 g/mol. The number of pyridine rings is 1. The number of unbranched alkanes of at least 4 members (excludes halogenated alkanes) is 2. The van der Waals surface area contributed by atoms with Gasteiger partial charge in [-0.05, 0) is 42.0 Å². The van der Waals surface area contributed by atoms with E-state index in [1.54, 1.807) is 0 Å². The van der Waals surface area contributed by atoms with Gasteiger partial charge in [0.1, 0.15) is 0 Å². The van der Waals surface area contributed by atoms with E-state index in [0.29, 0.717) is 0 Å². The number of hydrogen-bond acceptors (Lipinski definition) is 0. The summed E-state index contributed by atoms with van der Waals surface area (Å²) in [4.78, 5) is 0. The summed E-state index contributed by atoms with van der Waals surface area (Å²) in [6.45, 7) is 3.28. The minimum atomic E-state index is 1.01. The molecule has 0 fully saturated rings. The van der Waals surface area contributed by atoms with Crippen LogP contribution in [0, 0.1) is 0 Å². The van der Waals surface area contributed by atoms with Crippen molar-refractivity contribution < 1.29 is 4.57 Å². The highest BCUT2D eigenvalue weighted by Gasteiger charge is 2.28. The zero-order chi connectivity index (χ0) is 14.9. The molecule has 1 nitrogen and oxygen atoms in total. The average Bonchev–Trinajstić information content (AvgIpc) is 2.93. The highest BCUT2D eigenvalue weighted by molar-refractivity contribution is 5.94. The monoisotopic (exact) mass is 288 g/mol. The molecule has 1 aliphatic heterocycles. The molecule has 0 saturated heterocycles. The first kappa shape index (κ1) is 13.5. The van der Waals surface area contributed by atoms with Crippen LogP contribution in [0.15, 0.2) is 54.7 Å². The largest absolute Gasteiger partial charge is 0.221 e. The van der Waals surface area contributed by atoms with E-state index in [9.17, 15) is 0 Å². The summed E-state index contributed by atoms with van der Waals surface area (Å²) >= 11 is 0. The van der Waals surface area contributed by atoms with Crippen LogP contribution in [0.5, 0.6) is 0 Å². The van der Waals surface area contributed by atoms with Gasteiger partial charge in [0.25, 0.3) is 0 Å². The fraction of sp³-hybridized carbons (Fsp3) is 0.286. The van der Waals surface area contributed by atoms with E-state index in [4.69, 9.17) is 0 Å². The van der Waals surface area contributed by atoms with Crippen molar-refractivity contribution in [3.8, 4) is 11.3 Å². The van der Waals surface area contributed by atoms with Crippen LogP contribution in [0.1, 0.15) is 37.3 Å². The predicted octanol–water partition coefficient (Wildman–Crippen LogP) is 4.89. The number of aryl methyl sites for hydroxylation is 1. The molecule has 110 valence electrons. The fourth-order valence-electron chi connectivity index (χ4n) is 3.62. The first-order chi connectivity index (χ1) is 10.9. The summed E-state index contributed by atoms with van der Waals surface area (Å²) < 4.78 is 2.39. The van der Waals surface area contributed by atoms with E-state index >= 15 is 0 Å². The maximum absolute atomic E-state index is 2.42. The third kappa shape index (κ3) is 2.21. The van der Waals surface area contributed by atoms with Gasteiger partial charge < -0.3 is 0 Å². The number of aromatic nitrogens is 1. The van der Waals surface area contributed by atoms with E-state index in [0.717, 1.165) is 6.54 Å². The summed E-state index contributed by atoms with van der Waals surface area (Å²) in [5, 5.41) is 2.69. The molecule has 1 aromatic heterocycles. The van der Waals surface area contributed by atoms with Crippen LogP contribution in [-0.2, 0) is 13.0 Å². The predicted molar refractivity (Wildman–Crippen MR) is 91.9 cm³/mol. The highest BCUT2D eigenvalue weighted by atomic mass is 15.0. The molecule has 0 atom stereocenters. The van der Waals surface area contributed by atoms with Crippen LogP contribution in [0.25, 0.3) is 22.0 Å². The maximum Gasteiger partial charge on any atom is 0.221 e. The molecule has 0 radical (unpaired) electrons. The Kier molecular flexibility index (Phi) is 3.42. The Balaban J connectivity index is 1.76. The molecule has 1 heteroatoms. The number of hydrogen-bond donors (Lipinski definition) is 0. The van der Waals surface area contributed by atoms with Crippen molar-refractivity contribution in [1.82, 2.24) is 0 Å². The van der Waals surface area contributed by atoms with Crippen molar-refractivity contribution >= 4 is 10.8 Å². The molecule has 4 rings (SSSR count). The van der Waals surface area contributed by atoms with Gasteiger partial charge in [0, 0.05) is 11.6 Å². The summed E-state index contributed by atoms with van der Waals surface area (Å²) in [6, 6.07) is 18.0. The van der Waals surface area contributed by atoms with Crippen LogP contribution in [-0.4, -0.2) is 0 Å². The smallest absolute Gasteiger partial charge is 0.193 e. The van der Waals surface area contributed by atoms with Crippen LogP contribution in [0.3, 0.4) is 0 Å². The van der Waals surface area contributed by atoms with Gasteiger partial charge in [-0.15, -0.1) is 0 Å². The van der Waals surface area contributed by atoms with Crippen molar-refractivity contribution in [3.63, 3.8) is 0 Å². The lowest BCUT2D eigenvalue weighted by Gasteiger charge is -2.03. The molecule has 1 aliphatic rings. The first-order valence-corrected chi connectivity index (χ1v) is 8.40. The van der Waals surface area contributed by atoms with Gasteiger partial charge in [-0.3, -0.25) is 0 Å². The molecule has 0 amide bonds. The van der Waals surface area contributed by atoms with E-state index in [1.807, 2.05) is 0 Å². The molecule has 0 spiro atoms. The maximum atomic E-state index is 2.42. The lowest BCUT2D eigenvalue weighted by molar-refractivity contribution is -0.671. The molecular weight excluding hydrogens is 266 g/mol. The van der Waals surface area contributed by atoms with E-state index < -0.39 is 0 Å². The third-order valence-electron chi connectivity index (χ3n) is 4.77. The summed E-state index contributed by atoms with van der Waals surface area (Å²) in [5.74, 6) is 0. The molecule has 22 heavy (non-hydrogen) atoms. The first-order valence-electron chi connectivity index (χ1n) is 8.40. The highest BCUT2D eigenvalue weighted by Crippen LogP contribution is 2.33. The molecule has 2 aromatic carbocycles. The molecule has 0 saturated carbocycles. The van der Waals surface area contributed by atoms with Crippen molar-refractivity contribution in [2.75, 3.05) is 0 Å². The van der Waals surface area contributed by atoms with Gasteiger partial charge >= 0.3 is 0 Å². The van der Waals surface area contributed by atoms with Crippen LogP contribution >= 0.6 is 0 Å². The SMILES string of the molecule is CCCCCc1ccc2c(c1)C[n+]1ccc3ccccc3c1-2. The van der Waals surface area contributed by atoms with Gasteiger partial charge in [-0.1, -0.05) is 44.0 Å². The lowest BCUT2D eigenvalue weighted by atomic mass is 9.98. The molecule has 2 heterocycles. The van der Waals surface area contributed by atoms with Gasteiger partial charge in [0.15, 0.2) is 12.7 Å². The molecule has 3 aromatic rings. The number of rotatable bonds is 4. The van der Waals surface area contributed by atoms with Gasteiger partial charge in [-0.25, -0.2) is 0 Å². The van der Waals surface area contributed by atoms with Crippen molar-refractivity contribution in [3.05, 3.63) is 65.9 Å².